The molecular weight excluding hydrogens is 281 g/mol. The molecule has 0 radical (unpaired) electrons. The van der Waals surface area contributed by atoms with E-state index in [1.54, 1.807) is 19.9 Å². The molecular formula is C10H11BrClNO2. The predicted molar refractivity (Wildman–Crippen MR) is 64.8 cm³/mol. The van der Waals surface area contributed by atoms with Crippen LogP contribution < -0.4 is 5.32 Å². The molecule has 1 rings (SSSR count). The SMILES string of the molecule is CC(C)(Br)C(=O)Nc1ccc(O)c(Cl)c1. The number of phenols is 1. The number of hydrogen-bond acceptors (Lipinski definition) is 2. The number of benzene rings is 1. The molecule has 0 aliphatic carbocycles. The van der Waals surface area contributed by atoms with Crippen LogP contribution in [0.25, 0.3) is 0 Å². The first-order chi connectivity index (χ1) is 6.80. The molecule has 5 heteroatoms. The fourth-order valence-corrected chi connectivity index (χ4v) is 1.14. The first-order valence-electron chi connectivity index (χ1n) is 4.29. The molecule has 0 aromatic heterocycles. The fourth-order valence-electron chi connectivity index (χ4n) is 0.864. The predicted octanol–water partition coefficient (Wildman–Crippen LogP) is 3.16. The lowest BCUT2D eigenvalue weighted by molar-refractivity contribution is -0.117. The summed E-state index contributed by atoms with van der Waals surface area (Å²) >= 11 is 8.94. The first kappa shape index (κ1) is 12.3. The van der Waals surface area contributed by atoms with Crippen LogP contribution in [0.1, 0.15) is 13.8 Å². The summed E-state index contributed by atoms with van der Waals surface area (Å²) in [5, 5.41) is 12.1. The van der Waals surface area contributed by atoms with Gasteiger partial charge in [0.25, 0.3) is 0 Å². The van der Waals surface area contributed by atoms with E-state index >= 15 is 0 Å². The second kappa shape index (κ2) is 4.41. The van der Waals surface area contributed by atoms with Crippen molar-refractivity contribution in [2.75, 3.05) is 5.32 Å². The molecule has 3 nitrogen and oxygen atoms in total. The van der Waals surface area contributed by atoms with E-state index in [1.165, 1.54) is 12.1 Å². The van der Waals surface area contributed by atoms with E-state index in [1.807, 2.05) is 0 Å². The minimum Gasteiger partial charge on any atom is -0.506 e. The van der Waals surface area contributed by atoms with Crippen LogP contribution in [0, 0.1) is 0 Å². The molecule has 0 saturated carbocycles. The molecule has 0 spiro atoms. The van der Waals surface area contributed by atoms with E-state index in [4.69, 9.17) is 11.6 Å². The van der Waals surface area contributed by atoms with Crippen molar-refractivity contribution in [3.63, 3.8) is 0 Å². The van der Waals surface area contributed by atoms with Crippen molar-refractivity contribution in [1.29, 1.82) is 0 Å². The van der Waals surface area contributed by atoms with Crippen LogP contribution in [0.5, 0.6) is 5.75 Å². The fraction of sp³-hybridized carbons (Fsp3) is 0.300. The number of anilines is 1. The third-order valence-electron chi connectivity index (χ3n) is 1.75. The Morgan fingerprint density at radius 1 is 1.53 bits per heavy atom. The quantitative estimate of drug-likeness (QED) is 0.650. The summed E-state index contributed by atoms with van der Waals surface area (Å²) in [4.78, 5) is 11.6. The maximum Gasteiger partial charge on any atom is 0.240 e. The Balaban J connectivity index is 2.83. The van der Waals surface area contributed by atoms with Crippen molar-refractivity contribution >= 4 is 39.1 Å². The van der Waals surface area contributed by atoms with Crippen LogP contribution in [0.2, 0.25) is 5.02 Å². The second-order valence-corrected chi connectivity index (χ2v) is 5.98. The van der Waals surface area contributed by atoms with E-state index in [2.05, 4.69) is 21.2 Å². The van der Waals surface area contributed by atoms with Crippen molar-refractivity contribution in [2.24, 2.45) is 0 Å². The van der Waals surface area contributed by atoms with Gasteiger partial charge >= 0.3 is 0 Å². The van der Waals surface area contributed by atoms with E-state index in [9.17, 15) is 9.90 Å². The van der Waals surface area contributed by atoms with Gasteiger partial charge in [-0.25, -0.2) is 0 Å². The number of aromatic hydroxyl groups is 1. The minimum atomic E-state index is -0.642. The van der Waals surface area contributed by atoms with Gasteiger partial charge in [0.1, 0.15) is 5.75 Å². The van der Waals surface area contributed by atoms with Gasteiger partial charge in [0.15, 0.2) is 0 Å². The van der Waals surface area contributed by atoms with E-state index in [0.29, 0.717) is 5.69 Å². The molecule has 15 heavy (non-hydrogen) atoms. The maximum absolute atomic E-state index is 11.6. The van der Waals surface area contributed by atoms with Crippen molar-refractivity contribution in [3.05, 3.63) is 23.2 Å². The second-order valence-electron chi connectivity index (χ2n) is 3.59. The summed E-state index contributed by atoms with van der Waals surface area (Å²) in [7, 11) is 0. The van der Waals surface area contributed by atoms with E-state index < -0.39 is 4.32 Å². The van der Waals surface area contributed by atoms with Gasteiger partial charge in [-0.05, 0) is 32.0 Å². The van der Waals surface area contributed by atoms with Gasteiger partial charge in [0.05, 0.1) is 9.35 Å². The summed E-state index contributed by atoms with van der Waals surface area (Å²) in [6.07, 6.45) is 0. The number of amides is 1. The first-order valence-corrected chi connectivity index (χ1v) is 5.46. The molecule has 0 atom stereocenters. The zero-order valence-corrected chi connectivity index (χ0v) is 10.7. The molecule has 0 aliphatic rings. The highest BCUT2D eigenvalue weighted by molar-refractivity contribution is 9.10. The van der Waals surface area contributed by atoms with Crippen LogP contribution in [0.4, 0.5) is 5.69 Å². The molecule has 0 fully saturated rings. The van der Waals surface area contributed by atoms with E-state index in [0.717, 1.165) is 0 Å². The third kappa shape index (κ3) is 3.39. The van der Waals surface area contributed by atoms with Crippen LogP contribution in [0.3, 0.4) is 0 Å². The highest BCUT2D eigenvalue weighted by atomic mass is 79.9. The lowest BCUT2D eigenvalue weighted by Crippen LogP contribution is -2.30. The molecule has 2 N–H and O–H groups in total. The summed E-state index contributed by atoms with van der Waals surface area (Å²) in [5.41, 5.74) is 0.551. The molecule has 1 aromatic carbocycles. The molecule has 0 bridgehead atoms. The van der Waals surface area contributed by atoms with Crippen molar-refractivity contribution in [2.45, 2.75) is 18.2 Å². The number of hydrogen-bond donors (Lipinski definition) is 2. The zero-order valence-electron chi connectivity index (χ0n) is 8.34. The van der Waals surface area contributed by atoms with Crippen molar-refractivity contribution < 1.29 is 9.90 Å². The zero-order chi connectivity index (χ0) is 11.6. The smallest absolute Gasteiger partial charge is 0.240 e. The number of phenolic OH excluding ortho intramolecular Hbond substituents is 1. The van der Waals surface area contributed by atoms with Crippen LogP contribution in [-0.4, -0.2) is 15.3 Å². The number of carbonyl (C=O) groups is 1. The average Bonchev–Trinajstić information content (AvgIpc) is 2.10. The topological polar surface area (TPSA) is 49.3 Å². The highest BCUT2D eigenvalue weighted by Gasteiger charge is 2.23. The van der Waals surface area contributed by atoms with Gasteiger partial charge in [-0.15, -0.1) is 0 Å². The molecule has 1 aromatic rings. The normalized spacial score (nSPS) is 11.2. The van der Waals surface area contributed by atoms with Crippen molar-refractivity contribution in [3.8, 4) is 5.75 Å². The Morgan fingerprint density at radius 2 is 2.13 bits per heavy atom. The molecule has 0 unspecified atom stereocenters. The van der Waals surface area contributed by atoms with Gasteiger partial charge in [-0.3, -0.25) is 4.79 Å². The summed E-state index contributed by atoms with van der Waals surface area (Å²) < 4.78 is -0.642. The average molecular weight is 293 g/mol. The number of carbonyl (C=O) groups excluding carboxylic acids is 1. The Bertz CT molecular complexity index is 387. The minimum absolute atomic E-state index is 0.00670. The molecule has 82 valence electrons. The number of nitrogens with one attached hydrogen (secondary N) is 1. The number of rotatable bonds is 2. The van der Waals surface area contributed by atoms with Gasteiger partial charge in [-0.2, -0.15) is 0 Å². The Morgan fingerprint density at radius 3 is 2.60 bits per heavy atom. The monoisotopic (exact) mass is 291 g/mol. The molecule has 0 saturated heterocycles. The lowest BCUT2D eigenvalue weighted by atomic mass is 10.2. The van der Waals surface area contributed by atoms with Crippen LogP contribution in [0.15, 0.2) is 18.2 Å². The highest BCUT2D eigenvalue weighted by Crippen LogP contribution is 2.27. The number of alkyl halides is 1. The molecule has 0 aliphatic heterocycles. The van der Waals surface area contributed by atoms with Crippen molar-refractivity contribution in [1.82, 2.24) is 0 Å². The largest absolute Gasteiger partial charge is 0.506 e. The Kier molecular flexibility index (Phi) is 3.62. The van der Waals surface area contributed by atoms with Crippen LogP contribution >= 0.6 is 27.5 Å². The van der Waals surface area contributed by atoms with Gasteiger partial charge < -0.3 is 10.4 Å². The lowest BCUT2D eigenvalue weighted by Gasteiger charge is -2.15. The summed E-state index contributed by atoms with van der Waals surface area (Å²) in [6.45, 7) is 3.48. The Labute approximate surface area is 102 Å². The van der Waals surface area contributed by atoms with Gasteiger partial charge in [0.2, 0.25) is 5.91 Å². The Hall–Kier alpha value is -0.740. The third-order valence-corrected chi connectivity index (χ3v) is 2.41. The number of halogens is 2. The van der Waals surface area contributed by atoms with Gasteiger partial charge in [-0.1, -0.05) is 27.5 Å². The van der Waals surface area contributed by atoms with E-state index in [-0.39, 0.29) is 16.7 Å². The summed E-state index contributed by atoms with van der Waals surface area (Å²) in [6, 6.07) is 4.50. The van der Waals surface area contributed by atoms with Crippen LogP contribution in [-0.2, 0) is 4.79 Å². The maximum atomic E-state index is 11.6. The molecule has 0 heterocycles. The standard InChI is InChI=1S/C10H11BrClNO2/c1-10(2,11)9(15)13-6-3-4-8(14)7(12)5-6/h3-5,14H,1-2H3,(H,13,15). The van der Waals surface area contributed by atoms with Gasteiger partial charge in [0, 0.05) is 5.69 Å². The molecule has 1 amide bonds. The summed E-state index contributed by atoms with van der Waals surface area (Å²) in [5.74, 6) is -0.183.